The van der Waals surface area contributed by atoms with E-state index in [2.05, 4.69) is 26.9 Å². The van der Waals surface area contributed by atoms with Crippen LogP contribution in [0.1, 0.15) is 18.9 Å². The lowest BCUT2D eigenvalue weighted by Gasteiger charge is -2.29. The van der Waals surface area contributed by atoms with Crippen molar-refractivity contribution in [1.82, 2.24) is 14.5 Å². The van der Waals surface area contributed by atoms with Crippen LogP contribution >= 0.6 is 0 Å². The maximum atomic E-state index is 11.9. The number of fused-ring (bicyclic) bond motifs is 2. The molecule has 7 heteroatoms. The van der Waals surface area contributed by atoms with E-state index >= 15 is 0 Å². The van der Waals surface area contributed by atoms with Gasteiger partial charge in [-0.2, -0.15) is 0 Å². The van der Waals surface area contributed by atoms with E-state index in [9.17, 15) is 8.42 Å². The van der Waals surface area contributed by atoms with E-state index in [0.717, 1.165) is 35.1 Å². The lowest BCUT2D eigenvalue weighted by atomic mass is 10.0. The van der Waals surface area contributed by atoms with Gasteiger partial charge in [0.2, 0.25) is 0 Å². The fourth-order valence-electron chi connectivity index (χ4n) is 3.08. The monoisotopic (exact) mass is 342 g/mol. The number of allylic oxidation sites excluding steroid dienone is 2. The molecular weight excluding hydrogens is 324 g/mol. The van der Waals surface area contributed by atoms with Crippen molar-refractivity contribution < 1.29 is 8.42 Å². The second kappa shape index (κ2) is 5.59. The molecular formula is C17H18N4O2S. The Morgan fingerprint density at radius 1 is 1.29 bits per heavy atom. The van der Waals surface area contributed by atoms with Crippen molar-refractivity contribution in [2.45, 2.75) is 19.9 Å². The van der Waals surface area contributed by atoms with Crippen LogP contribution in [0.2, 0.25) is 0 Å². The highest BCUT2D eigenvalue weighted by atomic mass is 32.2. The number of imidazole rings is 1. The topological polar surface area (TPSA) is 67.6 Å². The van der Waals surface area contributed by atoms with Crippen LogP contribution in [0.15, 0.2) is 47.3 Å². The normalized spacial score (nSPS) is 19.1. The van der Waals surface area contributed by atoms with Crippen molar-refractivity contribution in [1.29, 1.82) is 0 Å². The molecule has 0 unspecified atom stereocenters. The molecule has 0 amide bonds. The molecule has 0 aliphatic carbocycles. The molecule has 3 heterocycles. The lowest BCUT2D eigenvalue weighted by molar-refractivity contribution is 0.550. The summed E-state index contributed by atoms with van der Waals surface area (Å²) in [6.45, 7) is 3.47. The molecule has 24 heavy (non-hydrogen) atoms. The summed E-state index contributed by atoms with van der Waals surface area (Å²) >= 11 is 0. The van der Waals surface area contributed by atoms with Gasteiger partial charge in [0.15, 0.2) is 5.84 Å². The molecule has 0 saturated heterocycles. The number of rotatable bonds is 3. The first-order valence-electron chi connectivity index (χ1n) is 8.01. The Bertz CT molecular complexity index is 999. The molecule has 0 bridgehead atoms. The van der Waals surface area contributed by atoms with Gasteiger partial charge in [0.25, 0.3) is 10.0 Å². The Labute approximate surface area is 140 Å². The van der Waals surface area contributed by atoms with Gasteiger partial charge in [-0.1, -0.05) is 13.0 Å². The van der Waals surface area contributed by atoms with Crippen LogP contribution < -0.4 is 0 Å². The van der Waals surface area contributed by atoms with E-state index in [1.54, 1.807) is 0 Å². The van der Waals surface area contributed by atoms with E-state index in [4.69, 9.17) is 0 Å². The largest absolute Gasteiger partial charge is 0.331 e. The second-order valence-corrected chi connectivity index (χ2v) is 7.71. The highest BCUT2D eigenvalue weighted by molar-refractivity contribution is 7.90. The zero-order valence-electron chi connectivity index (χ0n) is 13.4. The number of hydrogen-bond acceptors (Lipinski definition) is 4. The third-order valence-electron chi connectivity index (χ3n) is 4.25. The Kier molecular flexibility index (Phi) is 3.53. The van der Waals surface area contributed by atoms with Gasteiger partial charge in [-0.05, 0) is 36.3 Å². The molecule has 2 aliphatic rings. The summed E-state index contributed by atoms with van der Waals surface area (Å²) in [5, 5.41) is 0. The fourth-order valence-corrected chi connectivity index (χ4v) is 4.07. The maximum Gasteiger partial charge on any atom is 0.256 e. The molecule has 6 nitrogen and oxygen atoms in total. The van der Waals surface area contributed by atoms with Crippen molar-refractivity contribution in [2.24, 2.45) is 4.40 Å². The fraction of sp³-hybridized carbons (Fsp3) is 0.294. The molecule has 1 aromatic heterocycles. The van der Waals surface area contributed by atoms with Crippen LogP contribution in [0.4, 0.5) is 0 Å². The molecule has 0 fully saturated rings. The number of aromatic nitrogens is 2. The van der Waals surface area contributed by atoms with E-state index in [1.807, 2.05) is 41.7 Å². The quantitative estimate of drug-likeness (QED) is 0.859. The van der Waals surface area contributed by atoms with E-state index < -0.39 is 10.0 Å². The average molecular weight is 342 g/mol. The summed E-state index contributed by atoms with van der Waals surface area (Å²) in [6.07, 6.45) is 8.59. The van der Waals surface area contributed by atoms with Gasteiger partial charge >= 0.3 is 0 Å². The first-order valence-corrected chi connectivity index (χ1v) is 9.62. The van der Waals surface area contributed by atoms with Crippen LogP contribution in [-0.4, -0.2) is 41.0 Å². The van der Waals surface area contributed by atoms with Crippen LogP contribution in [0.3, 0.4) is 0 Å². The first-order chi connectivity index (χ1) is 11.6. The summed E-state index contributed by atoms with van der Waals surface area (Å²) in [5.41, 5.74) is 3.77. The Morgan fingerprint density at radius 2 is 2.17 bits per heavy atom. The van der Waals surface area contributed by atoms with Crippen molar-refractivity contribution >= 4 is 32.5 Å². The van der Waals surface area contributed by atoms with E-state index in [0.29, 0.717) is 12.4 Å². The van der Waals surface area contributed by atoms with Gasteiger partial charge in [-0.15, -0.1) is 4.40 Å². The molecule has 124 valence electrons. The highest BCUT2D eigenvalue weighted by Crippen LogP contribution is 2.27. The first kappa shape index (κ1) is 15.1. The Balaban J connectivity index is 1.84. The molecule has 0 N–H and O–H groups in total. The molecule has 2 aliphatic heterocycles. The molecule has 0 saturated carbocycles. The number of amidine groups is 1. The number of aryl methyl sites for hydroxylation is 1. The summed E-state index contributed by atoms with van der Waals surface area (Å²) in [6, 6.07) is 6.00. The van der Waals surface area contributed by atoms with E-state index in [-0.39, 0.29) is 5.75 Å². The van der Waals surface area contributed by atoms with Crippen molar-refractivity contribution in [3.63, 3.8) is 0 Å². The minimum atomic E-state index is -3.39. The predicted octanol–water partition coefficient (Wildman–Crippen LogP) is 2.40. The molecule has 1 aromatic carbocycles. The van der Waals surface area contributed by atoms with Gasteiger partial charge in [-0.3, -0.25) is 0 Å². The molecule has 0 atom stereocenters. The number of benzene rings is 1. The predicted molar refractivity (Wildman–Crippen MR) is 95.1 cm³/mol. The van der Waals surface area contributed by atoms with Crippen LogP contribution in [0.25, 0.3) is 16.6 Å². The molecule has 0 spiro atoms. The van der Waals surface area contributed by atoms with Gasteiger partial charge in [0, 0.05) is 24.9 Å². The number of hydrogen-bond donors (Lipinski definition) is 0. The Morgan fingerprint density at radius 3 is 3.00 bits per heavy atom. The third kappa shape index (κ3) is 2.54. The Hall–Kier alpha value is -2.41. The van der Waals surface area contributed by atoms with Crippen molar-refractivity contribution in [2.75, 3.05) is 12.3 Å². The lowest BCUT2D eigenvalue weighted by Crippen LogP contribution is -2.37. The van der Waals surface area contributed by atoms with Crippen molar-refractivity contribution in [3.05, 3.63) is 48.4 Å². The van der Waals surface area contributed by atoms with Gasteiger partial charge in [0.05, 0.1) is 23.1 Å². The summed E-state index contributed by atoms with van der Waals surface area (Å²) in [5.74, 6) is 0.556. The zero-order chi connectivity index (χ0) is 16.7. The highest BCUT2D eigenvalue weighted by Gasteiger charge is 2.27. The van der Waals surface area contributed by atoms with Crippen LogP contribution in [-0.2, 0) is 16.6 Å². The van der Waals surface area contributed by atoms with Crippen LogP contribution in [0, 0.1) is 0 Å². The second-order valence-electron chi connectivity index (χ2n) is 5.96. The molecule has 0 radical (unpaired) electrons. The van der Waals surface area contributed by atoms with Crippen molar-refractivity contribution in [3.8, 4) is 0 Å². The summed E-state index contributed by atoms with van der Waals surface area (Å²) in [7, 11) is -3.39. The SMILES string of the molecule is CCCn1cnc2ccc(C3=CC=CN4CCS(=O)(=O)N=C34)cc21. The average Bonchev–Trinajstić information content (AvgIpc) is 2.96. The summed E-state index contributed by atoms with van der Waals surface area (Å²) < 4.78 is 29.9. The maximum absolute atomic E-state index is 11.9. The third-order valence-corrected chi connectivity index (χ3v) is 5.40. The minimum Gasteiger partial charge on any atom is -0.331 e. The van der Waals surface area contributed by atoms with Gasteiger partial charge in [0.1, 0.15) is 0 Å². The zero-order valence-corrected chi connectivity index (χ0v) is 14.2. The molecule has 2 aromatic rings. The number of sulfonamides is 1. The van der Waals surface area contributed by atoms with Crippen LogP contribution in [0.5, 0.6) is 0 Å². The minimum absolute atomic E-state index is 0.0520. The summed E-state index contributed by atoms with van der Waals surface area (Å²) in [4.78, 5) is 6.31. The van der Waals surface area contributed by atoms with Gasteiger partial charge < -0.3 is 9.47 Å². The standard InChI is InChI=1S/C17H18N4O2S/c1-2-7-21-12-18-15-6-5-13(11-16(15)21)14-4-3-8-20-9-10-24(22,23)19-17(14)20/h3-6,8,11-12H,2,7,9-10H2,1H3. The van der Waals surface area contributed by atoms with Gasteiger partial charge in [-0.25, -0.2) is 13.4 Å². The van der Waals surface area contributed by atoms with E-state index in [1.165, 1.54) is 0 Å². The number of nitrogens with zero attached hydrogens (tertiary/aromatic N) is 4. The molecule has 4 rings (SSSR count). The smallest absolute Gasteiger partial charge is 0.256 e.